The van der Waals surface area contributed by atoms with Crippen LogP contribution in [0.4, 0.5) is 0 Å². The Labute approximate surface area is 155 Å². The number of nitrogens with zero attached hydrogens (tertiary/aromatic N) is 3. The molecule has 26 heavy (non-hydrogen) atoms. The van der Waals surface area contributed by atoms with Gasteiger partial charge in [-0.15, -0.1) is 11.3 Å². The lowest BCUT2D eigenvalue weighted by Gasteiger charge is -2.35. The first-order chi connectivity index (χ1) is 12.6. The van der Waals surface area contributed by atoms with Crippen molar-refractivity contribution in [3.63, 3.8) is 0 Å². The van der Waals surface area contributed by atoms with E-state index in [0.717, 1.165) is 12.8 Å². The highest BCUT2D eigenvalue weighted by Gasteiger charge is 2.30. The topological polar surface area (TPSA) is 55.2 Å². The zero-order valence-corrected chi connectivity index (χ0v) is 15.8. The number of thiophene rings is 1. The number of para-hydroxylation sites is 1. The van der Waals surface area contributed by atoms with E-state index < -0.39 is 0 Å². The highest BCUT2D eigenvalue weighted by Crippen LogP contribution is 2.35. The van der Waals surface area contributed by atoms with E-state index >= 15 is 0 Å². The molecule has 0 fully saturated rings. The third-order valence-electron chi connectivity index (χ3n) is 5.15. The van der Waals surface area contributed by atoms with Gasteiger partial charge < -0.3 is 4.90 Å². The quantitative estimate of drug-likeness (QED) is 0.714. The number of carbonyl (C=O) groups excluding carboxylic acids is 1. The SMILES string of the molecule is CCC1c2ccsc2CCN1C(=O)Cn1c(C)nc2ccccc2c1=O. The Balaban J connectivity index is 1.67. The zero-order valence-electron chi connectivity index (χ0n) is 14.9. The molecule has 6 heteroatoms. The van der Waals surface area contributed by atoms with E-state index in [-0.39, 0.29) is 24.1 Å². The number of hydrogen-bond acceptors (Lipinski definition) is 4. The fourth-order valence-corrected chi connectivity index (χ4v) is 4.75. The molecule has 0 N–H and O–H groups in total. The highest BCUT2D eigenvalue weighted by molar-refractivity contribution is 7.10. The fraction of sp³-hybridized carbons (Fsp3) is 0.350. The summed E-state index contributed by atoms with van der Waals surface area (Å²) in [6.45, 7) is 4.64. The Morgan fingerprint density at radius 3 is 2.92 bits per heavy atom. The summed E-state index contributed by atoms with van der Waals surface area (Å²) in [5.41, 5.74) is 1.78. The van der Waals surface area contributed by atoms with Gasteiger partial charge in [0.2, 0.25) is 5.91 Å². The second-order valence-electron chi connectivity index (χ2n) is 6.63. The molecule has 5 nitrogen and oxygen atoms in total. The Morgan fingerprint density at radius 2 is 2.12 bits per heavy atom. The van der Waals surface area contributed by atoms with Crippen LogP contribution in [0.2, 0.25) is 0 Å². The molecular formula is C20H21N3O2S. The first-order valence-corrected chi connectivity index (χ1v) is 9.80. The van der Waals surface area contributed by atoms with Gasteiger partial charge in [0, 0.05) is 11.4 Å². The standard InChI is InChI=1S/C20H21N3O2S/c1-3-17-15-9-11-26-18(15)8-10-22(17)19(24)12-23-13(2)21-16-7-5-4-6-14(16)20(23)25/h4-7,9,11,17H,3,8,10,12H2,1-2H3. The van der Waals surface area contributed by atoms with Gasteiger partial charge in [-0.05, 0) is 48.9 Å². The third kappa shape index (κ3) is 2.74. The van der Waals surface area contributed by atoms with Crippen LogP contribution in [0.3, 0.4) is 0 Å². The van der Waals surface area contributed by atoms with Gasteiger partial charge in [0.05, 0.1) is 16.9 Å². The van der Waals surface area contributed by atoms with E-state index in [1.165, 1.54) is 15.0 Å². The van der Waals surface area contributed by atoms with Gasteiger partial charge in [0.25, 0.3) is 5.56 Å². The van der Waals surface area contributed by atoms with Crippen LogP contribution < -0.4 is 5.56 Å². The van der Waals surface area contributed by atoms with Crippen LogP contribution in [-0.2, 0) is 17.8 Å². The molecular weight excluding hydrogens is 346 g/mol. The Hall–Kier alpha value is -2.47. The number of fused-ring (bicyclic) bond motifs is 2. The number of aryl methyl sites for hydroxylation is 1. The molecule has 4 rings (SSSR count). The summed E-state index contributed by atoms with van der Waals surface area (Å²) >= 11 is 1.77. The number of amides is 1. The van der Waals surface area contributed by atoms with E-state index in [9.17, 15) is 9.59 Å². The molecule has 1 aliphatic rings. The minimum absolute atomic E-state index is 0.0176. The number of aromatic nitrogens is 2. The van der Waals surface area contributed by atoms with Crippen LogP contribution in [0.25, 0.3) is 10.9 Å². The van der Waals surface area contributed by atoms with Gasteiger partial charge in [0.15, 0.2) is 0 Å². The van der Waals surface area contributed by atoms with Crippen LogP contribution in [-0.4, -0.2) is 26.9 Å². The minimum Gasteiger partial charge on any atom is -0.334 e. The smallest absolute Gasteiger partial charge is 0.261 e. The third-order valence-corrected chi connectivity index (χ3v) is 6.14. The van der Waals surface area contributed by atoms with Crippen molar-refractivity contribution >= 4 is 28.1 Å². The van der Waals surface area contributed by atoms with Gasteiger partial charge in [-0.3, -0.25) is 14.2 Å². The molecule has 134 valence electrons. The summed E-state index contributed by atoms with van der Waals surface area (Å²) in [5, 5.41) is 2.65. The summed E-state index contributed by atoms with van der Waals surface area (Å²) in [6, 6.07) is 9.50. The van der Waals surface area contributed by atoms with Crippen molar-refractivity contribution in [1.82, 2.24) is 14.5 Å². The maximum absolute atomic E-state index is 13.1. The van der Waals surface area contributed by atoms with Crippen molar-refractivity contribution in [2.45, 2.75) is 39.3 Å². The Morgan fingerprint density at radius 1 is 1.31 bits per heavy atom. The van der Waals surface area contributed by atoms with Gasteiger partial charge >= 0.3 is 0 Å². The van der Waals surface area contributed by atoms with Crippen LogP contribution in [0.15, 0.2) is 40.5 Å². The van der Waals surface area contributed by atoms with Crippen molar-refractivity contribution in [1.29, 1.82) is 0 Å². The lowest BCUT2D eigenvalue weighted by molar-refractivity contribution is -0.135. The minimum atomic E-state index is -0.150. The van der Waals surface area contributed by atoms with Gasteiger partial charge in [0.1, 0.15) is 12.4 Å². The maximum atomic E-state index is 13.1. The van der Waals surface area contributed by atoms with Crippen molar-refractivity contribution in [3.8, 4) is 0 Å². The Bertz CT molecular complexity index is 1040. The number of rotatable bonds is 3. The summed E-state index contributed by atoms with van der Waals surface area (Å²) in [6.07, 6.45) is 1.76. The summed E-state index contributed by atoms with van der Waals surface area (Å²) in [7, 11) is 0. The van der Waals surface area contributed by atoms with E-state index in [4.69, 9.17) is 0 Å². The molecule has 0 aliphatic carbocycles. The van der Waals surface area contributed by atoms with E-state index in [1.54, 1.807) is 24.3 Å². The normalized spacial score (nSPS) is 16.7. The lowest BCUT2D eigenvalue weighted by Crippen LogP contribution is -2.42. The lowest BCUT2D eigenvalue weighted by atomic mass is 9.98. The van der Waals surface area contributed by atoms with Crippen LogP contribution >= 0.6 is 11.3 Å². The summed E-state index contributed by atoms with van der Waals surface area (Å²) in [5.74, 6) is 0.555. The van der Waals surface area contributed by atoms with Gasteiger partial charge in [-0.1, -0.05) is 19.1 Å². The first-order valence-electron chi connectivity index (χ1n) is 8.92. The molecule has 3 aromatic rings. The molecule has 0 spiro atoms. The molecule has 0 bridgehead atoms. The highest BCUT2D eigenvalue weighted by atomic mass is 32.1. The van der Waals surface area contributed by atoms with Crippen molar-refractivity contribution in [3.05, 3.63) is 62.3 Å². The predicted octanol–water partition coefficient (Wildman–Crippen LogP) is 3.30. The van der Waals surface area contributed by atoms with Gasteiger partial charge in [-0.2, -0.15) is 0 Å². The van der Waals surface area contributed by atoms with E-state index in [0.29, 0.717) is 23.3 Å². The summed E-state index contributed by atoms with van der Waals surface area (Å²) < 4.78 is 1.50. The molecule has 1 aliphatic heterocycles. The summed E-state index contributed by atoms with van der Waals surface area (Å²) in [4.78, 5) is 33.7. The molecule has 1 unspecified atom stereocenters. The molecule has 1 atom stereocenters. The average molecular weight is 367 g/mol. The average Bonchev–Trinajstić information content (AvgIpc) is 3.13. The second kappa shape index (κ2) is 6.68. The first kappa shape index (κ1) is 17.0. The maximum Gasteiger partial charge on any atom is 0.261 e. The molecule has 0 saturated heterocycles. The molecule has 0 saturated carbocycles. The second-order valence-corrected chi connectivity index (χ2v) is 7.63. The zero-order chi connectivity index (χ0) is 18.3. The van der Waals surface area contributed by atoms with Crippen molar-refractivity contribution in [2.24, 2.45) is 0 Å². The van der Waals surface area contributed by atoms with E-state index in [2.05, 4.69) is 23.4 Å². The molecule has 0 radical (unpaired) electrons. The molecule has 3 heterocycles. The van der Waals surface area contributed by atoms with Crippen LogP contribution in [0.5, 0.6) is 0 Å². The van der Waals surface area contributed by atoms with Crippen LogP contribution in [0.1, 0.15) is 35.7 Å². The van der Waals surface area contributed by atoms with E-state index in [1.807, 2.05) is 23.1 Å². The predicted molar refractivity (Wildman–Crippen MR) is 104 cm³/mol. The van der Waals surface area contributed by atoms with Crippen molar-refractivity contribution in [2.75, 3.05) is 6.54 Å². The Kier molecular flexibility index (Phi) is 4.36. The number of carbonyl (C=O) groups is 1. The molecule has 2 aromatic heterocycles. The number of benzene rings is 1. The number of hydrogen-bond donors (Lipinski definition) is 0. The van der Waals surface area contributed by atoms with Crippen molar-refractivity contribution < 1.29 is 4.79 Å². The molecule has 1 aromatic carbocycles. The van der Waals surface area contributed by atoms with Crippen LogP contribution in [0, 0.1) is 6.92 Å². The fourth-order valence-electron chi connectivity index (χ4n) is 3.83. The largest absolute Gasteiger partial charge is 0.334 e. The van der Waals surface area contributed by atoms with Gasteiger partial charge in [-0.25, -0.2) is 4.98 Å². The molecule has 1 amide bonds. The monoisotopic (exact) mass is 367 g/mol.